The van der Waals surface area contributed by atoms with E-state index < -0.39 is 0 Å². The van der Waals surface area contributed by atoms with Crippen LogP contribution in [0, 0.1) is 6.92 Å². The number of nitrogens with one attached hydrogen (secondary N) is 1. The second-order valence-electron chi connectivity index (χ2n) is 7.55. The molecule has 0 aliphatic carbocycles. The van der Waals surface area contributed by atoms with Crippen LogP contribution in [-0.4, -0.2) is 28.3 Å². The number of para-hydroxylation sites is 2. The van der Waals surface area contributed by atoms with Crippen LogP contribution in [0.25, 0.3) is 10.9 Å². The number of carbonyl (C=O) groups is 1. The molecule has 166 valence electrons. The van der Waals surface area contributed by atoms with Crippen molar-refractivity contribution in [3.63, 3.8) is 0 Å². The van der Waals surface area contributed by atoms with E-state index in [4.69, 9.17) is 4.74 Å². The molecular formula is C27H26N4O2. The van der Waals surface area contributed by atoms with Crippen molar-refractivity contribution in [2.75, 3.05) is 6.61 Å². The highest BCUT2D eigenvalue weighted by Gasteiger charge is 2.13. The van der Waals surface area contributed by atoms with Crippen LogP contribution in [0.2, 0.25) is 0 Å². The summed E-state index contributed by atoms with van der Waals surface area (Å²) in [6, 6.07) is 19.5. The molecule has 1 amide bonds. The topological polar surface area (TPSA) is 68.5 Å². The molecule has 0 saturated heterocycles. The number of hydrogen-bond donors (Lipinski definition) is 1. The quantitative estimate of drug-likeness (QED) is 0.229. The largest absolute Gasteiger partial charge is 0.491 e. The molecule has 0 aliphatic rings. The highest BCUT2D eigenvalue weighted by molar-refractivity contribution is 6.02. The second kappa shape index (κ2) is 10.4. The summed E-state index contributed by atoms with van der Waals surface area (Å²) in [5.74, 6) is 0.605. The van der Waals surface area contributed by atoms with Crippen molar-refractivity contribution in [3.8, 4) is 5.75 Å². The highest BCUT2D eigenvalue weighted by Crippen LogP contribution is 2.25. The summed E-state index contributed by atoms with van der Waals surface area (Å²) in [6.07, 6.45) is 7.51. The van der Waals surface area contributed by atoms with Crippen LogP contribution in [0.5, 0.6) is 5.75 Å². The Labute approximate surface area is 193 Å². The number of rotatable bonds is 9. The minimum absolute atomic E-state index is 0.276. The Morgan fingerprint density at radius 1 is 1.12 bits per heavy atom. The van der Waals surface area contributed by atoms with Crippen LogP contribution in [0.15, 0.2) is 90.8 Å². The van der Waals surface area contributed by atoms with Crippen LogP contribution in [-0.2, 0) is 13.0 Å². The first-order chi connectivity index (χ1) is 16.2. The minimum Gasteiger partial charge on any atom is -0.491 e. The van der Waals surface area contributed by atoms with Gasteiger partial charge in [-0.3, -0.25) is 9.78 Å². The predicted octanol–water partition coefficient (Wildman–Crippen LogP) is 4.92. The Hall–Kier alpha value is -4.19. The van der Waals surface area contributed by atoms with Crippen molar-refractivity contribution in [1.82, 2.24) is 15.0 Å². The molecule has 33 heavy (non-hydrogen) atoms. The second-order valence-corrected chi connectivity index (χ2v) is 7.55. The number of benzene rings is 2. The van der Waals surface area contributed by atoms with E-state index in [1.807, 2.05) is 36.4 Å². The molecule has 1 N–H and O–H groups in total. The number of hydrogen-bond acceptors (Lipinski definition) is 4. The van der Waals surface area contributed by atoms with Gasteiger partial charge >= 0.3 is 0 Å². The smallest absolute Gasteiger partial charge is 0.271 e. The van der Waals surface area contributed by atoms with E-state index in [0.717, 1.165) is 39.9 Å². The zero-order valence-electron chi connectivity index (χ0n) is 18.6. The van der Waals surface area contributed by atoms with Gasteiger partial charge in [-0.15, -0.1) is 6.58 Å². The number of amides is 1. The third-order valence-corrected chi connectivity index (χ3v) is 5.49. The first-order valence-corrected chi connectivity index (χ1v) is 10.8. The van der Waals surface area contributed by atoms with Crippen LogP contribution >= 0.6 is 0 Å². The summed E-state index contributed by atoms with van der Waals surface area (Å²) in [4.78, 5) is 16.2. The Kier molecular flexibility index (Phi) is 6.95. The van der Waals surface area contributed by atoms with Gasteiger partial charge in [0, 0.05) is 40.1 Å². The predicted molar refractivity (Wildman–Crippen MR) is 132 cm³/mol. The first kappa shape index (κ1) is 22.0. The fourth-order valence-electron chi connectivity index (χ4n) is 3.85. The Bertz CT molecular complexity index is 1290. The van der Waals surface area contributed by atoms with Crippen LogP contribution in [0.1, 0.15) is 27.2 Å². The number of aromatic nitrogens is 2. The molecule has 6 heteroatoms. The Balaban J connectivity index is 1.51. The molecule has 0 saturated carbocycles. The summed E-state index contributed by atoms with van der Waals surface area (Å²) >= 11 is 0. The monoisotopic (exact) mass is 438 g/mol. The lowest BCUT2D eigenvalue weighted by atomic mass is 10.1. The lowest BCUT2D eigenvalue weighted by Crippen LogP contribution is -2.17. The third kappa shape index (κ3) is 5.01. The Morgan fingerprint density at radius 3 is 2.70 bits per heavy atom. The zero-order chi connectivity index (χ0) is 23.0. The summed E-state index contributed by atoms with van der Waals surface area (Å²) in [5, 5.41) is 5.28. The van der Waals surface area contributed by atoms with Crippen molar-refractivity contribution >= 4 is 23.0 Å². The molecule has 0 radical (unpaired) electrons. The molecule has 0 bridgehead atoms. The number of fused-ring (bicyclic) bond motifs is 1. The molecule has 4 aromatic rings. The number of hydrazone groups is 1. The lowest BCUT2D eigenvalue weighted by molar-refractivity contribution is 0.0955. The standard InChI is InChI=1S/C27H26N4O2/c1-3-8-21-9-4-7-12-26(21)33-18-17-31-20(2)24(23-10-5-6-11-25(23)31)19-29-30-27(32)22-13-15-28-16-14-22/h3-7,9-16,19H,1,8,17-18H2,2H3,(H,30,32)/b29-19+. The number of carbonyl (C=O) groups excluding carboxylic acids is 1. The highest BCUT2D eigenvalue weighted by atomic mass is 16.5. The molecule has 6 nitrogen and oxygen atoms in total. The summed E-state index contributed by atoms with van der Waals surface area (Å²) in [7, 11) is 0. The molecule has 2 aromatic heterocycles. The average molecular weight is 439 g/mol. The summed E-state index contributed by atoms with van der Waals surface area (Å²) in [5.41, 5.74) is 7.35. The van der Waals surface area contributed by atoms with Crippen molar-refractivity contribution < 1.29 is 9.53 Å². The van der Waals surface area contributed by atoms with E-state index in [-0.39, 0.29) is 5.91 Å². The van der Waals surface area contributed by atoms with Crippen LogP contribution in [0.4, 0.5) is 0 Å². The van der Waals surface area contributed by atoms with E-state index in [0.29, 0.717) is 18.7 Å². The minimum atomic E-state index is -0.276. The van der Waals surface area contributed by atoms with Gasteiger partial charge in [-0.05, 0) is 43.2 Å². The van der Waals surface area contributed by atoms with Crippen LogP contribution in [0.3, 0.4) is 0 Å². The Morgan fingerprint density at radius 2 is 1.88 bits per heavy atom. The fourth-order valence-corrected chi connectivity index (χ4v) is 3.85. The number of allylic oxidation sites excluding steroid dienone is 1. The van der Waals surface area contributed by atoms with Gasteiger partial charge in [-0.2, -0.15) is 5.10 Å². The van der Waals surface area contributed by atoms with E-state index in [1.165, 1.54) is 0 Å². The number of pyridine rings is 1. The van der Waals surface area contributed by atoms with Crippen molar-refractivity contribution in [3.05, 3.63) is 108 Å². The molecule has 2 heterocycles. The average Bonchev–Trinajstić information content (AvgIpc) is 3.12. The lowest BCUT2D eigenvalue weighted by Gasteiger charge is -2.13. The van der Waals surface area contributed by atoms with Gasteiger partial charge < -0.3 is 9.30 Å². The fraction of sp³-hybridized carbons (Fsp3) is 0.148. The van der Waals surface area contributed by atoms with Crippen molar-refractivity contribution in [1.29, 1.82) is 0 Å². The molecule has 2 aromatic carbocycles. The molecule has 0 atom stereocenters. The number of nitrogens with zero attached hydrogens (tertiary/aromatic N) is 3. The van der Waals surface area contributed by atoms with E-state index in [1.54, 1.807) is 30.7 Å². The normalized spacial score (nSPS) is 11.1. The van der Waals surface area contributed by atoms with Crippen LogP contribution < -0.4 is 10.2 Å². The zero-order valence-corrected chi connectivity index (χ0v) is 18.6. The third-order valence-electron chi connectivity index (χ3n) is 5.49. The van der Waals surface area contributed by atoms with E-state index in [2.05, 4.69) is 51.8 Å². The van der Waals surface area contributed by atoms with Crippen molar-refractivity contribution in [2.45, 2.75) is 19.9 Å². The van der Waals surface area contributed by atoms with Gasteiger partial charge in [-0.25, -0.2) is 5.43 Å². The SMILES string of the molecule is C=CCc1ccccc1OCCn1c(C)c(/C=N/NC(=O)c2ccncc2)c2ccccc21. The molecule has 0 fully saturated rings. The van der Waals surface area contributed by atoms with Gasteiger partial charge in [0.1, 0.15) is 12.4 Å². The molecule has 0 aliphatic heterocycles. The van der Waals surface area contributed by atoms with E-state index >= 15 is 0 Å². The van der Waals surface area contributed by atoms with Gasteiger partial charge in [0.15, 0.2) is 0 Å². The first-order valence-electron chi connectivity index (χ1n) is 10.8. The maximum atomic E-state index is 12.3. The molecular weight excluding hydrogens is 412 g/mol. The molecule has 0 spiro atoms. The molecule has 0 unspecified atom stereocenters. The maximum absolute atomic E-state index is 12.3. The van der Waals surface area contributed by atoms with E-state index in [9.17, 15) is 4.79 Å². The van der Waals surface area contributed by atoms with Gasteiger partial charge in [-0.1, -0.05) is 42.5 Å². The van der Waals surface area contributed by atoms with Gasteiger partial charge in [0.2, 0.25) is 0 Å². The summed E-state index contributed by atoms with van der Waals surface area (Å²) in [6.45, 7) is 7.10. The van der Waals surface area contributed by atoms with Gasteiger partial charge in [0.25, 0.3) is 5.91 Å². The summed E-state index contributed by atoms with van der Waals surface area (Å²) < 4.78 is 8.32. The maximum Gasteiger partial charge on any atom is 0.271 e. The van der Waals surface area contributed by atoms with Crippen molar-refractivity contribution in [2.24, 2.45) is 5.10 Å². The number of ether oxygens (including phenoxy) is 1. The van der Waals surface area contributed by atoms with Gasteiger partial charge in [0.05, 0.1) is 12.8 Å². The molecule has 4 rings (SSSR count).